The number of nitrogens with zero attached hydrogens (tertiary/aromatic N) is 1. The van der Waals surface area contributed by atoms with Crippen LogP contribution in [0.1, 0.15) is 30.7 Å². The van der Waals surface area contributed by atoms with Crippen molar-refractivity contribution in [2.24, 2.45) is 5.92 Å². The average Bonchev–Trinajstić information content (AvgIpc) is 2.90. The van der Waals surface area contributed by atoms with Crippen LogP contribution in [0.3, 0.4) is 0 Å². The van der Waals surface area contributed by atoms with E-state index in [0.29, 0.717) is 18.9 Å². The van der Waals surface area contributed by atoms with Crippen molar-refractivity contribution in [3.05, 3.63) is 29.6 Å². The summed E-state index contributed by atoms with van der Waals surface area (Å²) in [5.41, 5.74) is 3.25. The molecule has 1 saturated heterocycles. The number of rotatable bonds is 5. The zero-order valence-corrected chi connectivity index (χ0v) is 13.0. The van der Waals surface area contributed by atoms with Gasteiger partial charge in [-0.15, -0.1) is 0 Å². The predicted octanol–water partition coefficient (Wildman–Crippen LogP) is 2.35. The first kappa shape index (κ1) is 15.0. The largest absolute Gasteiger partial charge is 0.381 e. The van der Waals surface area contributed by atoms with Gasteiger partial charge in [0.05, 0.1) is 11.0 Å². The van der Waals surface area contributed by atoms with Gasteiger partial charge >= 0.3 is 0 Å². The van der Waals surface area contributed by atoms with Gasteiger partial charge < -0.3 is 15.0 Å². The normalized spacial score (nSPS) is 18.5. The zero-order valence-electron chi connectivity index (χ0n) is 13.0. The van der Waals surface area contributed by atoms with E-state index in [2.05, 4.69) is 34.3 Å². The summed E-state index contributed by atoms with van der Waals surface area (Å²) in [6.07, 6.45) is 3.45. The second-order valence-corrected chi connectivity index (χ2v) is 6.09. The molecule has 22 heavy (non-hydrogen) atoms. The minimum absolute atomic E-state index is 0.113. The maximum absolute atomic E-state index is 11.9. The molecule has 5 nitrogen and oxygen atoms in total. The van der Waals surface area contributed by atoms with Gasteiger partial charge in [0.15, 0.2) is 0 Å². The van der Waals surface area contributed by atoms with E-state index in [4.69, 9.17) is 4.74 Å². The molecule has 5 heteroatoms. The lowest BCUT2D eigenvalue weighted by Crippen LogP contribution is -2.30. The van der Waals surface area contributed by atoms with Crippen LogP contribution in [0.15, 0.2) is 18.2 Å². The molecular weight excluding hydrogens is 278 g/mol. The van der Waals surface area contributed by atoms with Crippen molar-refractivity contribution in [3.63, 3.8) is 0 Å². The molecule has 0 unspecified atom stereocenters. The molecule has 1 aliphatic heterocycles. The molecule has 0 radical (unpaired) electrons. The van der Waals surface area contributed by atoms with Gasteiger partial charge in [0.2, 0.25) is 5.91 Å². The van der Waals surface area contributed by atoms with Gasteiger partial charge in [-0.05, 0) is 43.4 Å². The Bertz CT molecular complexity index is 644. The third-order valence-electron chi connectivity index (χ3n) is 4.10. The van der Waals surface area contributed by atoms with Crippen molar-refractivity contribution in [2.75, 3.05) is 19.8 Å². The highest BCUT2D eigenvalue weighted by Crippen LogP contribution is 2.17. The predicted molar refractivity (Wildman–Crippen MR) is 85.7 cm³/mol. The van der Waals surface area contributed by atoms with Crippen LogP contribution in [0.25, 0.3) is 11.0 Å². The second kappa shape index (κ2) is 6.92. The number of carbonyl (C=O) groups is 1. The minimum Gasteiger partial charge on any atom is -0.381 e. The summed E-state index contributed by atoms with van der Waals surface area (Å²) in [4.78, 5) is 19.8. The van der Waals surface area contributed by atoms with Gasteiger partial charge in [0.1, 0.15) is 5.82 Å². The second-order valence-electron chi connectivity index (χ2n) is 6.09. The summed E-state index contributed by atoms with van der Waals surface area (Å²) in [7, 11) is 0. The fourth-order valence-corrected chi connectivity index (χ4v) is 2.92. The highest BCUT2D eigenvalue weighted by atomic mass is 16.5. The number of carbonyl (C=O) groups excluding carboxylic acids is 1. The molecular formula is C17H23N3O2. The Morgan fingerprint density at radius 1 is 1.50 bits per heavy atom. The lowest BCUT2D eigenvalue weighted by atomic mass is 9.98. The molecule has 2 aromatic rings. The maximum Gasteiger partial charge on any atom is 0.220 e. The van der Waals surface area contributed by atoms with E-state index in [-0.39, 0.29) is 5.91 Å². The molecule has 2 N–H and O–H groups in total. The Labute approximate surface area is 130 Å². The van der Waals surface area contributed by atoms with Crippen molar-refractivity contribution in [1.29, 1.82) is 0 Å². The summed E-state index contributed by atoms with van der Waals surface area (Å²) in [5.74, 6) is 1.41. The highest BCUT2D eigenvalue weighted by Gasteiger charge is 2.17. The van der Waals surface area contributed by atoms with Crippen LogP contribution in [0.4, 0.5) is 0 Å². The first-order chi connectivity index (χ1) is 10.7. The van der Waals surface area contributed by atoms with Gasteiger partial charge in [-0.2, -0.15) is 0 Å². The molecule has 1 amide bonds. The first-order valence-electron chi connectivity index (χ1n) is 8.00. The zero-order chi connectivity index (χ0) is 15.4. The van der Waals surface area contributed by atoms with E-state index in [0.717, 1.165) is 49.3 Å². The van der Waals surface area contributed by atoms with E-state index in [9.17, 15) is 4.79 Å². The van der Waals surface area contributed by atoms with E-state index in [1.54, 1.807) is 0 Å². The van der Waals surface area contributed by atoms with Gasteiger partial charge in [0, 0.05) is 32.6 Å². The molecule has 0 bridgehead atoms. The number of H-pyrrole nitrogens is 1. The topological polar surface area (TPSA) is 67.0 Å². The Hall–Kier alpha value is -1.88. The van der Waals surface area contributed by atoms with Crippen LogP contribution in [-0.2, 0) is 16.0 Å². The fraction of sp³-hybridized carbons (Fsp3) is 0.529. The highest BCUT2D eigenvalue weighted by molar-refractivity contribution is 5.76. The summed E-state index contributed by atoms with van der Waals surface area (Å²) >= 11 is 0. The minimum atomic E-state index is 0.113. The average molecular weight is 301 g/mol. The number of hydrogen-bond donors (Lipinski definition) is 2. The number of hydrogen-bond acceptors (Lipinski definition) is 3. The van der Waals surface area contributed by atoms with Gasteiger partial charge in [-0.3, -0.25) is 4.79 Å². The molecule has 1 aromatic carbocycles. The number of nitrogens with one attached hydrogen (secondary N) is 2. The van der Waals surface area contributed by atoms with Crippen LogP contribution in [0.2, 0.25) is 0 Å². The Morgan fingerprint density at radius 3 is 3.23 bits per heavy atom. The summed E-state index contributed by atoms with van der Waals surface area (Å²) in [6.45, 7) is 4.24. The van der Waals surface area contributed by atoms with Gasteiger partial charge in [-0.25, -0.2) is 4.98 Å². The molecule has 0 spiro atoms. The van der Waals surface area contributed by atoms with Crippen LogP contribution >= 0.6 is 0 Å². The van der Waals surface area contributed by atoms with Crippen LogP contribution in [0.5, 0.6) is 0 Å². The van der Waals surface area contributed by atoms with Crippen LogP contribution < -0.4 is 5.32 Å². The molecule has 1 fully saturated rings. The first-order valence-corrected chi connectivity index (χ1v) is 8.00. The number of ether oxygens (including phenoxy) is 1. The van der Waals surface area contributed by atoms with E-state index in [1.165, 1.54) is 5.56 Å². The lowest BCUT2D eigenvalue weighted by Gasteiger charge is -2.21. The summed E-state index contributed by atoms with van der Waals surface area (Å²) in [5, 5.41) is 2.98. The number of benzene rings is 1. The molecule has 0 saturated carbocycles. The van der Waals surface area contributed by atoms with Crippen LogP contribution in [-0.4, -0.2) is 35.6 Å². The monoisotopic (exact) mass is 301 g/mol. The summed E-state index contributed by atoms with van der Waals surface area (Å²) in [6, 6.07) is 6.17. The summed E-state index contributed by atoms with van der Waals surface area (Å²) < 4.78 is 5.41. The Morgan fingerprint density at radius 2 is 2.41 bits per heavy atom. The molecule has 1 aromatic heterocycles. The van der Waals surface area contributed by atoms with E-state index in [1.807, 2.05) is 6.07 Å². The lowest BCUT2D eigenvalue weighted by molar-refractivity contribution is -0.123. The smallest absolute Gasteiger partial charge is 0.220 e. The quantitative estimate of drug-likeness (QED) is 0.891. The fourth-order valence-electron chi connectivity index (χ4n) is 2.92. The number of amides is 1. The molecule has 118 valence electrons. The molecule has 1 aliphatic rings. The maximum atomic E-state index is 11.9. The SMILES string of the molecule is Cc1ccc2nc(CCNC(=O)C[C@@H]3CCCOC3)[nH]c2c1. The van der Waals surface area contributed by atoms with E-state index >= 15 is 0 Å². The van der Waals surface area contributed by atoms with Gasteiger partial charge in [0.25, 0.3) is 0 Å². The molecule has 2 heterocycles. The van der Waals surface area contributed by atoms with Crippen molar-refractivity contribution in [2.45, 2.75) is 32.6 Å². The number of aromatic nitrogens is 2. The van der Waals surface area contributed by atoms with Crippen LogP contribution in [0, 0.1) is 12.8 Å². The number of aromatic amines is 1. The number of fused-ring (bicyclic) bond motifs is 1. The third kappa shape index (κ3) is 3.85. The van der Waals surface area contributed by atoms with E-state index < -0.39 is 0 Å². The number of imidazole rings is 1. The van der Waals surface area contributed by atoms with Crippen molar-refractivity contribution in [1.82, 2.24) is 15.3 Å². The van der Waals surface area contributed by atoms with Crippen molar-refractivity contribution < 1.29 is 9.53 Å². The van der Waals surface area contributed by atoms with Gasteiger partial charge in [-0.1, -0.05) is 6.07 Å². The Kier molecular flexibility index (Phi) is 4.73. The molecule has 1 atom stereocenters. The van der Waals surface area contributed by atoms with Crippen molar-refractivity contribution >= 4 is 16.9 Å². The Balaban J connectivity index is 1.46. The number of aryl methyl sites for hydroxylation is 1. The molecule has 0 aliphatic carbocycles. The molecule has 3 rings (SSSR count). The standard InChI is InChI=1S/C17H23N3O2/c1-12-4-5-14-15(9-12)20-16(19-14)6-7-18-17(21)10-13-3-2-8-22-11-13/h4-5,9,13H,2-3,6-8,10-11H2,1H3,(H,18,21)(H,19,20)/t13-/m0/s1. The third-order valence-corrected chi connectivity index (χ3v) is 4.10. The van der Waals surface area contributed by atoms with Crippen molar-refractivity contribution in [3.8, 4) is 0 Å².